The van der Waals surface area contributed by atoms with Gasteiger partial charge in [0.1, 0.15) is 11.2 Å². The summed E-state index contributed by atoms with van der Waals surface area (Å²) in [7, 11) is 0. The Morgan fingerprint density at radius 2 is 1.78 bits per heavy atom. The number of benzene rings is 2. The molecule has 2 aromatic carbocycles. The minimum absolute atomic E-state index is 0.0658. The highest BCUT2D eigenvalue weighted by Gasteiger charge is 2.41. The highest BCUT2D eigenvalue weighted by atomic mass is 32.1. The van der Waals surface area contributed by atoms with Crippen molar-refractivity contribution < 1.29 is 4.57 Å². The van der Waals surface area contributed by atoms with Gasteiger partial charge in [0.05, 0.1) is 10.2 Å². The lowest BCUT2D eigenvalue weighted by Crippen LogP contribution is -2.39. The first-order valence-electron chi connectivity index (χ1n) is 7.38. The molecule has 110 valence electrons. The second-order valence-electron chi connectivity index (χ2n) is 5.38. The second-order valence-corrected chi connectivity index (χ2v) is 7.31. The van der Waals surface area contributed by atoms with Crippen LogP contribution >= 0.6 is 22.7 Å². The highest BCUT2D eigenvalue weighted by molar-refractivity contribution is 7.18. The molecule has 1 aliphatic heterocycles. The number of rotatable bonds is 2. The summed E-state index contributed by atoms with van der Waals surface area (Å²) in [5, 5.41) is 4.21. The van der Waals surface area contributed by atoms with E-state index in [0.29, 0.717) is 0 Å². The molecule has 0 aliphatic carbocycles. The van der Waals surface area contributed by atoms with Gasteiger partial charge in [-0.25, -0.2) is 9.55 Å². The Kier molecular flexibility index (Phi) is 2.89. The van der Waals surface area contributed by atoms with Crippen LogP contribution in [0.2, 0.25) is 0 Å². The first-order valence-corrected chi connectivity index (χ1v) is 9.08. The van der Waals surface area contributed by atoms with Gasteiger partial charge in [-0.3, -0.25) is 0 Å². The zero-order valence-corrected chi connectivity index (χ0v) is 13.7. The third-order valence-corrected chi connectivity index (χ3v) is 5.84. The zero-order chi connectivity index (χ0) is 15.2. The van der Waals surface area contributed by atoms with Crippen molar-refractivity contribution in [3.05, 3.63) is 76.7 Å². The summed E-state index contributed by atoms with van der Waals surface area (Å²) in [5.41, 5.74) is 3.30. The Balaban J connectivity index is 1.71. The Bertz CT molecular complexity index is 998. The van der Waals surface area contributed by atoms with Gasteiger partial charge in [0.25, 0.3) is 0 Å². The Morgan fingerprint density at radius 3 is 2.65 bits per heavy atom. The van der Waals surface area contributed by atoms with Crippen LogP contribution in [0.25, 0.3) is 10.2 Å². The summed E-state index contributed by atoms with van der Waals surface area (Å²) in [6, 6.07) is 18.8. The Labute approximate surface area is 141 Å². The van der Waals surface area contributed by atoms with Gasteiger partial charge in [-0.05, 0) is 17.1 Å². The van der Waals surface area contributed by atoms with Crippen molar-refractivity contribution in [3.63, 3.8) is 0 Å². The van der Waals surface area contributed by atoms with Crippen molar-refractivity contribution in [2.24, 2.45) is 4.99 Å². The van der Waals surface area contributed by atoms with E-state index in [4.69, 9.17) is 9.98 Å². The van der Waals surface area contributed by atoms with Gasteiger partial charge in [0.2, 0.25) is 11.8 Å². The fourth-order valence-corrected chi connectivity index (χ4v) is 4.76. The van der Waals surface area contributed by atoms with Crippen LogP contribution in [0.4, 0.5) is 5.13 Å². The SMILES string of the molecule is c1ccc(C2=Nc3scc[n+]3C2c2nc3ccccc3s2)cc1. The average molecular weight is 334 g/mol. The van der Waals surface area contributed by atoms with Crippen LogP contribution in [0, 0.1) is 0 Å². The number of hydrogen-bond donors (Lipinski definition) is 0. The van der Waals surface area contributed by atoms with Crippen LogP contribution in [0.5, 0.6) is 0 Å². The third kappa shape index (κ3) is 2.04. The van der Waals surface area contributed by atoms with Gasteiger partial charge >= 0.3 is 5.13 Å². The molecule has 1 unspecified atom stereocenters. The Morgan fingerprint density at radius 1 is 0.957 bits per heavy atom. The molecule has 1 aliphatic rings. The van der Waals surface area contributed by atoms with Gasteiger partial charge in [0.15, 0.2) is 0 Å². The molecule has 3 nitrogen and oxygen atoms in total. The maximum absolute atomic E-state index is 4.87. The fraction of sp³-hybridized carbons (Fsp3) is 0.0556. The number of fused-ring (bicyclic) bond motifs is 2. The average Bonchev–Trinajstić information content (AvgIpc) is 3.28. The van der Waals surface area contributed by atoms with Crippen molar-refractivity contribution in [2.45, 2.75) is 6.04 Å². The van der Waals surface area contributed by atoms with E-state index in [1.54, 1.807) is 22.7 Å². The molecule has 0 N–H and O–H groups in total. The fourth-order valence-electron chi connectivity index (χ4n) is 2.93. The molecule has 5 heteroatoms. The topological polar surface area (TPSA) is 29.1 Å². The first-order chi connectivity index (χ1) is 11.4. The molecule has 2 aromatic heterocycles. The van der Waals surface area contributed by atoms with E-state index < -0.39 is 0 Å². The molecule has 4 aromatic rings. The predicted octanol–water partition coefficient (Wildman–Crippen LogP) is 4.37. The molecule has 0 radical (unpaired) electrons. The summed E-state index contributed by atoms with van der Waals surface area (Å²) in [6.07, 6.45) is 2.11. The molecule has 5 rings (SSSR count). The van der Waals surface area contributed by atoms with Crippen LogP contribution in [-0.2, 0) is 0 Å². The smallest absolute Gasteiger partial charge is 0.236 e. The van der Waals surface area contributed by atoms with E-state index in [-0.39, 0.29) is 6.04 Å². The maximum atomic E-state index is 4.87. The zero-order valence-electron chi connectivity index (χ0n) is 12.1. The third-order valence-electron chi connectivity index (χ3n) is 3.98. The van der Waals surface area contributed by atoms with E-state index in [1.165, 1.54) is 4.70 Å². The number of para-hydroxylation sites is 1. The lowest BCUT2D eigenvalue weighted by atomic mass is 10.0. The quantitative estimate of drug-likeness (QED) is 0.501. The van der Waals surface area contributed by atoms with Gasteiger partial charge < -0.3 is 0 Å². The largest absolute Gasteiger partial charge is 0.383 e. The first kappa shape index (κ1) is 13.1. The van der Waals surface area contributed by atoms with Crippen LogP contribution in [0.1, 0.15) is 16.6 Å². The molecular formula is C18H12N3S2+. The summed E-state index contributed by atoms with van der Waals surface area (Å²) in [5.74, 6) is 0. The standard InChI is InChI=1S/C18H12N3S2/c1-2-6-12(7-3-1)15-16(21-10-11-22-18(21)20-15)17-19-13-8-4-5-9-14(13)23-17/h1-11,16H/q+1. The number of aromatic nitrogens is 2. The van der Waals surface area contributed by atoms with Crippen molar-refractivity contribution in [3.8, 4) is 0 Å². The number of hydrogen-bond acceptors (Lipinski definition) is 4. The summed E-state index contributed by atoms with van der Waals surface area (Å²) >= 11 is 3.42. The van der Waals surface area contributed by atoms with Crippen molar-refractivity contribution >= 4 is 43.7 Å². The van der Waals surface area contributed by atoms with Gasteiger partial charge in [0, 0.05) is 10.9 Å². The maximum Gasteiger partial charge on any atom is 0.383 e. The minimum Gasteiger partial charge on any atom is -0.236 e. The summed E-state index contributed by atoms with van der Waals surface area (Å²) < 4.78 is 3.45. The molecule has 1 atom stereocenters. The Hall–Kier alpha value is -2.37. The van der Waals surface area contributed by atoms with Crippen LogP contribution in [-0.4, -0.2) is 10.7 Å². The van der Waals surface area contributed by atoms with Crippen LogP contribution in [0.3, 0.4) is 0 Å². The van der Waals surface area contributed by atoms with E-state index >= 15 is 0 Å². The number of thiazole rings is 2. The van der Waals surface area contributed by atoms with Gasteiger partial charge in [-0.1, -0.05) is 53.8 Å². The van der Waals surface area contributed by atoms with E-state index in [0.717, 1.165) is 26.9 Å². The van der Waals surface area contributed by atoms with Gasteiger partial charge in [-0.2, -0.15) is 0 Å². The monoisotopic (exact) mass is 334 g/mol. The number of nitrogens with zero attached hydrogens (tertiary/aromatic N) is 3. The second kappa shape index (κ2) is 5.08. The van der Waals surface area contributed by atoms with Crippen molar-refractivity contribution in [1.29, 1.82) is 0 Å². The van der Waals surface area contributed by atoms with Crippen LogP contribution < -0.4 is 4.57 Å². The normalized spacial score (nSPS) is 16.5. The number of aliphatic imine (C=N–C) groups is 1. The molecule has 0 fully saturated rings. The van der Waals surface area contributed by atoms with E-state index in [9.17, 15) is 0 Å². The van der Waals surface area contributed by atoms with Crippen molar-refractivity contribution in [2.75, 3.05) is 0 Å². The minimum atomic E-state index is 0.0658. The molecule has 0 spiro atoms. The molecular weight excluding hydrogens is 322 g/mol. The van der Waals surface area contributed by atoms with Crippen LogP contribution in [0.15, 0.2) is 71.2 Å². The predicted molar refractivity (Wildman–Crippen MR) is 94.9 cm³/mol. The van der Waals surface area contributed by atoms with E-state index in [2.05, 4.69) is 58.6 Å². The van der Waals surface area contributed by atoms with Crippen molar-refractivity contribution in [1.82, 2.24) is 4.98 Å². The van der Waals surface area contributed by atoms with Gasteiger partial charge in [-0.15, -0.1) is 11.3 Å². The molecule has 0 saturated carbocycles. The molecule has 0 amide bonds. The lowest BCUT2D eigenvalue weighted by Gasteiger charge is -2.06. The molecule has 3 heterocycles. The molecule has 23 heavy (non-hydrogen) atoms. The highest BCUT2D eigenvalue weighted by Crippen LogP contribution is 2.35. The summed E-state index contributed by atoms with van der Waals surface area (Å²) in [4.78, 5) is 9.75. The lowest BCUT2D eigenvalue weighted by molar-refractivity contribution is -0.676. The molecule has 0 saturated heterocycles. The van der Waals surface area contributed by atoms with E-state index in [1.807, 2.05) is 12.1 Å². The summed E-state index contributed by atoms with van der Waals surface area (Å²) in [6.45, 7) is 0. The molecule has 0 bridgehead atoms.